The first-order valence-corrected chi connectivity index (χ1v) is 6.19. The normalized spacial score (nSPS) is 10.3. The SMILES string of the molecule is COc1ccc(N(C)CCCCO)c(OC)c1C. The van der Waals surface area contributed by atoms with Crippen LogP contribution in [0, 0.1) is 6.92 Å². The van der Waals surface area contributed by atoms with Gasteiger partial charge in [0.2, 0.25) is 0 Å². The molecule has 0 bridgehead atoms. The molecule has 1 aromatic carbocycles. The van der Waals surface area contributed by atoms with Gasteiger partial charge >= 0.3 is 0 Å². The van der Waals surface area contributed by atoms with Crippen LogP contribution in [0.15, 0.2) is 12.1 Å². The molecular weight excluding hydrogens is 230 g/mol. The summed E-state index contributed by atoms with van der Waals surface area (Å²) in [6.07, 6.45) is 1.78. The van der Waals surface area contributed by atoms with E-state index in [9.17, 15) is 0 Å². The van der Waals surface area contributed by atoms with Crippen LogP contribution in [0.5, 0.6) is 11.5 Å². The van der Waals surface area contributed by atoms with Crippen LogP contribution in [0.25, 0.3) is 0 Å². The molecule has 0 spiro atoms. The summed E-state index contributed by atoms with van der Waals surface area (Å²) in [5.41, 5.74) is 2.06. The van der Waals surface area contributed by atoms with E-state index in [-0.39, 0.29) is 6.61 Å². The highest BCUT2D eigenvalue weighted by molar-refractivity contribution is 5.65. The van der Waals surface area contributed by atoms with E-state index in [0.717, 1.165) is 42.1 Å². The molecule has 0 saturated heterocycles. The third kappa shape index (κ3) is 3.29. The molecule has 0 aliphatic heterocycles. The van der Waals surface area contributed by atoms with Gasteiger partial charge in [0.25, 0.3) is 0 Å². The van der Waals surface area contributed by atoms with Crippen LogP contribution in [0.3, 0.4) is 0 Å². The molecule has 1 aromatic rings. The monoisotopic (exact) mass is 253 g/mol. The van der Waals surface area contributed by atoms with Crippen molar-refractivity contribution >= 4 is 5.69 Å². The zero-order valence-electron chi connectivity index (χ0n) is 11.7. The molecule has 0 atom stereocenters. The molecule has 102 valence electrons. The number of ether oxygens (including phenoxy) is 2. The predicted molar refractivity (Wildman–Crippen MR) is 73.9 cm³/mol. The zero-order valence-corrected chi connectivity index (χ0v) is 11.7. The van der Waals surface area contributed by atoms with Gasteiger partial charge in [0.05, 0.1) is 19.9 Å². The van der Waals surface area contributed by atoms with Gasteiger partial charge in [-0.25, -0.2) is 0 Å². The number of nitrogens with zero attached hydrogens (tertiary/aromatic N) is 1. The van der Waals surface area contributed by atoms with E-state index in [0.29, 0.717) is 0 Å². The Kier molecular flexibility index (Phi) is 5.78. The van der Waals surface area contributed by atoms with Gasteiger partial charge in [-0.05, 0) is 31.9 Å². The number of rotatable bonds is 7. The van der Waals surface area contributed by atoms with Crippen LogP contribution in [0.1, 0.15) is 18.4 Å². The van der Waals surface area contributed by atoms with Crippen molar-refractivity contribution in [3.63, 3.8) is 0 Å². The minimum atomic E-state index is 0.243. The Balaban J connectivity index is 2.90. The zero-order chi connectivity index (χ0) is 13.5. The highest BCUT2D eigenvalue weighted by Crippen LogP contribution is 2.36. The maximum absolute atomic E-state index is 8.80. The van der Waals surface area contributed by atoms with E-state index >= 15 is 0 Å². The summed E-state index contributed by atoms with van der Waals surface area (Å²) in [6, 6.07) is 3.96. The van der Waals surface area contributed by atoms with E-state index in [4.69, 9.17) is 14.6 Å². The summed E-state index contributed by atoms with van der Waals surface area (Å²) < 4.78 is 10.8. The number of methoxy groups -OCH3 is 2. The molecule has 18 heavy (non-hydrogen) atoms. The second-order valence-corrected chi connectivity index (χ2v) is 4.30. The lowest BCUT2D eigenvalue weighted by molar-refractivity contribution is 0.285. The molecule has 0 aliphatic carbocycles. The van der Waals surface area contributed by atoms with Crippen LogP contribution >= 0.6 is 0 Å². The molecule has 4 heteroatoms. The smallest absolute Gasteiger partial charge is 0.148 e. The first-order chi connectivity index (χ1) is 8.65. The van der Waals surface area contributed by atoms with E-state index in [2.05, 4.69) is 4.90 Å². The molecule has 4 nitrogen and oxygen atoms in total. The Morgan fingerprint density at radius 3 is 2.44 bits per heavy atom. The van der Waals surface area contributed by atoms with Gasteiger partial charge in [-0.1, -0.05) is 0 Å². The van der Waals surface area contributed by atoms with Gasteiger partial charge in [-0.2, -0.15) is 0 Å². The fourth-order valence-corrected chi connectivity index (χ4v) is 2.02. The summed E-state index contributed by atoms with van der Waals surface area (Å²) >= 11 is 0. The first-order valence-electron chi connectivity index (χ1n) is 6.19. The van der Waals surface area contributed by atoms with Crippen LogP contribution in [0.4, 0.5) is 5.69 Å². The van der Waals surface area contributed by atoms with Crippen molar-refractivity contribution in [2.75, 3.05) is 39.3 Å². The van der Waals surface area contributed by atoms with Crippen molar-refractivity contribution in [1.29, 1.82) is 0 Å². The van der Waals surface area contributed by atoms with Gasteiger partial charge in [-0.15, -0.1) is 0 Å². The Labute approximate surface area is 109 Å². The van der Waals surface area contributed by atoms with E-state index in [1.54, 1.807) is 14.2 Å². The van der Waals surface area contributed by atoms with Crippen molar-refractivity contribution < 1.29 is 14.6 Å². The minimum Gasteiger partial charge on any atom is -0.496 e. The molecule has 0 radical (unpaired) electrons. The van der Waals surface area contributed by atoms with Crippen LogP contribution in [-0.2, 0) is 0 Å². The molecule has 1 rings (SSSR count). The number of aliphatic hydroxyl groups is 1. The molecule has 0 aromatic heterocycles. The molecule has 0 amide bonds. The maximum Gasteiger partial charge on any atom is 0.148 e. The molecule has 0 heterocycles. The van der Waals surface area contributed by atoms with Crippen LogP contribution in [-0.4, -0.2) is 39.5 Å². The highest BCUT2D eigenvalue weighted by Gasteiger charge is 2.13. The molecule has 0 fully saturated rings. The van der Waals surface area contributed by atoms with E-state index in [1.165, 1.54) is 0 Å². The van der Waals surface area contributed by atoms with Gasteiger partial charge in [-0.3, -0.25) is 0 Å². The summed E-state index contributed by atoms with van der Waals surface area (Å²) in [7, 11) is 5.36. The number of benzene rings is 1. The summed E-state index contributed by atoms with van der Waals surface area (Å²) in [5.74, 6) is 1.68. The van der Waals surface area contributed by atoms with Gasteiger partial charge in [0.15, 0.2) is 0 Å². The van der Waals surface area contributed by atoms with Crippen molar-refractivity contribution in [3.05, 3.63) is 17.7 Å². The Morgan fingerprint density at radius 1 is 1.17 bits per heavy atom. The lowest BCUT2D eigenvalue weighted by Crippen LogP contribution is -2.19. The van der Waals surface area contributed by atoms with Crippen molar-refractivity contribution in [2.24, 2.45) is 0 Å². The number of aliphatic hydroxyl groups excluding tert-OH is 1. The fourth-order valence-electron chi connectivity index (χ4n) is 2.02. The Morgan fingerprint density at radius 2 is 1.89 bits per heavy atom. The Bertz CT molecular complexity index is 380. The van der Waals surface area contributed by atoms with Gasteiger partial charge in [0.1, 0.15) is 11.5 Å². The first kappa shape index (κ1) is 14.6. The summed E-state index contributed by atoms with van der Waals surface area (Å²) in [6.45, 7) is 3.12. The number of anilines is 1. The van der Waals surface area contributed by atoms with Crippen molar-refractivity contribution in [1.82, 2.24) is 0 Å². The lowest BCUT2D eigenvalue weighted by Gasteiger charge is -2.23. The largest absolute Gasteiger partial charge is 0.496 e. The second kappa shape index (κ2) is 7.11. The van der Waals surface area contributed by atoms with E-state index in [1.807, 2.05) is 26.1 Å². The topological polar surface area (TPSA) is 41.9 Å². The molecule has 1 N–H and O–H groups in total. The number of unbranched alkanes of at least 4 members (excludes halogenated alkanes) is 1. The highest BCUT2D eigenvalue weighted by atomic mass is 16.5. The van der Waals surface area contributed by atoms with Gasteiger partial charge < -0.3 is 19.5 Å². The minimum absolute atomic E-state index is 0.243. The van der Waals surface area contributed by atoms with Crippen molar-refractivity contribution in [2.45, 2.75) is 19.8 Å². The third-order valence-corrected chi connectivity index (χ3v) is 3.07. The second-order valence-electron chi connectivity index (χ2n) is 4.30. The Hall–Kier alpha value is -1.42. The quantitative estimate of drug-likeness (QED) is 0.757. The molecular formula is C14H23NO3. The summed E-state index contributed by atoms with van der Waals surface area (Å²) in [5, 5.41) is 8.80. The van der Waals surface area contributed by atoms with Crippen LogP contribution in [0.2, 0.25) is 0 Å². The molecule has 0 aliphatic rings. The van der Waals surface area contributed by atoms with Gasteiger partial charge in [0, 0.05) is 25.8 Å². The third-order valence-electron chi connectivity index (χ3n) is 3.07. The standard InChI is InChI=1S/C14H23NO3/c1-11-13(17-3)8-7-12(14(11)18-4)15(2)9-5-6-10-16/h7-8,16H,5-6,9-10H2,1-4H3. The average Bonchev–Trinajstić information content (AvgIpc) is 2.38. The predicted octanol–water partition coefficient (Wildman–Crippen LogP) is 2.22. The molecule has 0 unspecified atom stereocenters. The lowest BCUT2D eigenvalue weighted by atomic mass is 10.1. The number of hydrogen-bond donors (Lipinski definition) is 1. The average molecular weight is 253 g/mol. The van der Waals surface area contributed by atoms with Crippen molar-refractivity contribution in [3.8, 4) is 11.5 Å². The summed E-state index contributed by atoms with van der Waals surface area (Å²) in [4.78, 5) is 2.14. The van der Waals surface area contributed by atoms with Crippen LogP contribution < -0.4 is 14.4 Å². The maximum atomic E-state index is 8.80. The molecule has 0 saturated carbocycles. The number of hydrogen-bond acceptors (Lipinski definition) is 4. The van der Waals surface area contributed by atoms with E-state index < -0.39 is 0 Å². The fraction of sp³-hybridized carbons (Fsp3) is 0.571.